The number of nitrogens with zero attached hydrogens (tertiary/aromatic N) is 2. The van der Waals surface area contributed by atoms with Crippen molar-refractivity contribution in [2.75, 3.05) is 5.01 Å². The molecule has 0 aliphatic rings. The van der Waals surface area contributed by atoms with Crippen molar-refractivity contribution < 1.29 is 27.9 Å². The number of ether oxygens (including phenoxy) is 1. The van der Waals surface area contributed by atoms with Crippen molar-refractivity contribution in [2.45, 2.75) is 38.2 Å². The summed E-state index contributed by atoms with van der Waals surface area (Å²) in [5, 5.41) is 10.7. The fraction of sp³-hybridized carbons (Fsp3) is 0.238. The van der Waals surface area contributed by atoms with Crippen LogP contribution in [-0.4, -0.2) is 35.3 Å². The number of carboxylic acid groups (broad SMARTS) is 1. The zero-order valence-corrected chi connectivity index (χ0v) is 18.3. The van der Waals surface area contributed by atoms with Crippen LogP contribution in [0.3, 0.4) is 0 Å². The number of anilines is 1. The van der Waals surface area contributed by atoms with Crippen LogP contribution in [0, 0.1) is 6.92 Å². The van der Waals surface area contributed by atoms with Crippen LogP contribution in [0.15, 0.2) is 59.6 Å². The van der Waals surface area contributed by atoms with E-state index in [4.69, 9.17) is 4.74 Å². The first kappa shape index (κ1) is 22.2. The lowest BCUT2D eigenvalue weighted by atomic mass is 10.2. The van der Waals surface area contributed by atoms with Crippen molar-refractivity contribution in [1.29, 1.82) is 0 Å². The van der Waals surface area contributed by atoms with Crippen LogP contribution in [-0.2, 0) is 14.8 Å². The quantitative estimate of drug-likeness (QED) is 0.586. The summed E-state index contributed by atoms with van der Waals surface area (Å²) in [6.07, 6.45) is -1.03. The highest BCUT2D eigenvalue weighted by Crippen LogP contribution is 2.26. The number of carbonyl (C=O) groups excluding carboxylic acids is 1. The zero-order valence-electron chi connectivity index (χ0n) is 17.5. The fourth-order valence-electron chi connectivity index (χ4n) is 2.88. The van der Waals surface area contributed by atoms with Crippen molar-refractivity contribution in [1.82, 2.24) is 9.40 Å². The summed E-state index contributed by atoms with van der Waals surface area (Å²) in [6, 6.07) is 12.4. The fourth-order valence-corrected chi connectivity index (χ4v) is 4.22. The van der Waals surface area contributed by atoms with E-state index in [9.17, 15) is 23.1 Å². The van der Waals surface area contributed by atoms with Gasteiger partial charge in [-0.05, 0) is 58.0 Å². The van der Waals surface area contributed by atoms with Gasteiger partial charge < -0.3 is 9.84 Å². The smallest absolute Gasteiger partial charge is 0.431 e. The molecular formula is C21H23N3O6S. The average molecular weight is 445 g/mol. The van der Waals surface area contributed by atoms with Gasteiger partial charge in [0, 0.05) is 11.6 Å². The summed E-state index contributed by atoms with van der Waals surface area (Å²) in [6.45, 7) is 6.79. The first-order valence-corrected chi connectivity index (χ1v) is 10.8. The number of amides is 2. The molecule has 10 heteroatoms. The predicted octanol–water partition coefficient (Wildman–Crippen LogP) is 4.11. The van der Waals surface area contributed by atoms with E-state index in [1.54, 1.807) is 45.0 Å². The summed E-state index contributed by atoms with van der Waals surface area (Å²) < 4.78 is 32.4. The summed E-state index contributed by atoms with van der Waals surface area (Å²) >= 11 is 0. The van der Waals surface area contributed by atoms with Gasteiger partial charge in [-0.3, -0.25) is 0 Å². The minimum atomic E-state index is -3.91. The van der Waals surface area contributed by atoms with Crippen LogP contribution in [0.1, 0.15) is 26.3 Å². The molecule has 0 saturated carbocycles. The second-order valence-corrected chi connectivity index (χ2v) is 9.72. The maximum atomic E-state index is 13.1. The third-order valence-corrected chi connectivity index (χ3v) is 5.97. The summed E-state index contributed by atoms with van der Waals surface area (Å²) in [7, 11) is -3.91. The van der Waals surface area contributed by atoms with Gasteiger partial charge in [0.1, 0.15) is 5.60 Å². The SMILES string of the molecule is Cc1ccc(S(=O)(=O)n2ccc3ccc(N(NC(=O)OC(C)(C)C)C(=O)O)cc32)cc1. The molecule has 1 heterocycles. The van der Waals surface area contributed by atoms with Crippen LogP contribution >= 0.6 is 0 Å². The molecule has 31 heavy (non-hydrogen) atoms. The van der Waals surface area contributed by atoms with Crippen molar-refractivity contribution in [2.24, 2.45) is 0 Å². The second kappa shape index (κ2) is 7.95. The Labute approximate surface area is 179 Å². The van der Waals surface area contributed by atoms with Gasteiger partial charge in [-0.25, -0.2) is 27.4 Å². The molecule has 0 saturated heterocycles. The molecule has 0 unspecified atom stereocenters. The lowest BCUT2D eigenvalue weighted by Crippen LogP contribution is -2.47. The van der Waals surface area contributed by atoms with Crippen LogP contribution in [0.5, 0.6) is 0 Å². The molecule has 3 rings (SSSR count). The normalized spacial score (nSPS) is 11.9. The second-order valence-electron chi connectivity index (χ2n) is 7.90. The number of nitrogens with one attached hydrogen (secondary N) is 1. The van der Waals surface area contributed by atoms with Gasteiger partial charge in [-0.2, -0.15) is 5.01 Å². The van der Waals surface area contributed by atoms with Gasteiger partial charge in [0.05, 0.1) is 16.1 Å². The molecule has 0 radical (unpaired) electrons. The number of hydrazine groups is 1. The largest absolute Gasteiger partial charge is 0.463 e. The number of fused-ring (bicyclic) bond motifs is 1. The number of hydrogen-bond donors (Lipinski definition) is 2. The number of rotatable bonds is 3. The number of benzene rings is 2. The van der Waals surface area contributed by atoms with Crippen LogP contribution in [0.4, 0.5) is 15.3 Å². The van der Waals surface area contributed by atoms with Gasteiger partial charge in [-0.15, -0.1) is 0 Å². The lowest BCUT2D eigenvalue weighted by molar-refractivity contribution is 0.0518. The van der Waals surface area contributed by atoms with Gasteiger partial charge in [0.2, 0.25) is 0 Å². The molecule has 164 valence electrons. The Morgan fingerprint density at radius 2 is 1.71 bits per heavy atom. The van der Waals surface area contributed by atoms with Crippen LogP contribution in [0.2, 0.25) is 0 Å². The molecule has 0 aliphatic carbocycles. The number of aryl methyl sites for hydroxylation is 1. The molecule has 0 fully saturated rings. The molecule has 0 spiro atoms. The topological polar surface area (TPSA) is 118 Å². The van der Waals surface area contributed by atoms with E-state index in [0.717, 1.165) is 9.54 Å². The van der Waals surface area contributed by atoms with Crippen molar-refractivity contribution in [3.05, 3.63) is 60.3 Å². The lowest BCUT2D eigenvalue weighted by Gasteiger charge is -2.24. The molecule has 3 aromatic rings. The molecule has 2 N–H and O–H groups in total. The molecule has 2 aromatic carbocycles. The van der Waals surface area contributed by atoms with E-state index in [-0.39, 0.29) is 16.1 Å². The van der Waals surface area contributed by atoms with Gasteiger partial charge in [-0.1, -0.05) is 23.8 Å². The van der Waals surface area contributed by atoms with Crippen LogP contribution < -0.4 is 10.4 Å². The van der Waals surface area contributed by atoms with Gasteiger partial charge in [0.25, 0.3) is 10.0 Å². The summed E-state index contributed by atoms with van der Waals surface area (Å²) in [5.41, 5.74) is 2.56. The highest BCUT2D eigenvalue weighted by atomic mass is 32.2. The average Bonchev–Trinajstić information content (AvgIpc) is 3.09. The minimum absolute atomic E-state index is 0.0462. The maximum Gasteiger partial charge on any atom is 0.431 e. The first-order valence-electron chi connectivity index (χ1n) is 9.34. The monoisotopic (exact) mass is 445 g/mol. The van der Waals surface area contributed by atoms with Gasteiger partial charge >= 0.3 is 12.2 Å². The Balaban J connectivity index is 2.03. The third kappa shape index (κ3) is 4.80. The molecule has 1 aromatic heterocycles. The van der Waals surface area contributed by atoms with E-state index in [1.807, 2.05) is 6.92 Å². The number of aromatic nitrogens is 1. The standard InChI is InChI=1S/C21H23N3O6S/c1-14-5-9-17(10-6-14)31(28,29)23-12-11-15-7-8-16(13-18(15)23)24(20(26)27)22-19(25)30-21(2,3)4/h5-13H,1-4H3,(H,22,25)(H,26,27). The molecular weight excluding hydrogens is 422 g/mol. The number of hydrogen-bond acceptors (Lipinski definition) is 5. The van der Waals surface area contributed by atoms with E-state index >= 15 is 0 Å². The van der Waals surface area contributed by atoms with Crippen molar-refractivity contribution >= 4 is 38.8 Å². The molecule has 0 bridgehead atoms. The molecule has 2 amide bonds. The predicted molar refractivity (Wildman–Crippen MR) is 116 cm³/mol. The van der Waals surface area contributed by atoms with Gasteiger partial charge in [0.15, 0.2) is 0 Å². The Hall–Kier alpha value is -3.53. The third-order valence-electron chi connectivity index (χ3n) is 4.27. The zero-order chi connectivity index (χ0) is 23.0. The maximum absolute atomic E-state index is 13.1. The Morgan fingerprint density at radius 3 is 2.29 bits per heavy atom. The van der Waals surface area contributed by atoms with E-state index in [2.05, 4.69) is 5.43 Å². The number of carbonyl (C=O) groups is 2. The Kier molecular flexibility index (Phi) is 5.68. The Bertz CT molecular complexity index is 1240. The van der Waals surface area contributed by atoms with Crippen LogP contribution in [0.25, 0.3) is 10.9 Å². The molecule has 9 nitrogen and oxygen atoms in total. The molecule has 0 aliphatic heterocycles. The van der Waals surface area contributed by atoms with E-state index in [0.29, 0.717) is 10.4 Å². The highest BCUT2D eigenvalue weighted by Gasteiger charge is 2.24. The Morgan fingerprint density at radius 1 is 1.06 bits per heavy atom. The summed E-state index contributed by atoms with van der Waals surface area (Å²) in [5.74, 6) is 0. The van der Waals surface area contributed by atoms with E-state index in [1.165, 1.54) is 30.5 Å². The first-order chi connectivity index (χ1) is 14.4. The highest BCUT2D eigenvalue weighted by molar-refractivity contribution is 7.90. The summed E-state index contributed by atoms with van der Waals surface area (Å²) in [4.78, 5) is 23.9. The molecule has 0 atom stereocenters. The van der Waals surface area contributed by atoms with E-state index < -0.39 is 27.8 Å². The minimum Gasteiger partial charge on any atom is -0.463 e. The van der Waals surface area contributed by atoms with Crippen molar-refractivity contribution in [3.63, 3.8) is 0 Å². The van der Waals surface area contributed by atoms with Crippen molar-refractivity contribution in [3.8, 4) is 0 Å².